The molecule has 0 aliphatic carbocycles. The van der Waals surface area contributed by atoms with Crippen molar-refractivity contribution >= 4 is 24.2 Å². The molecule has 0 amide bonds. The number of hydrogen-bond donors (Lipinski definition) is 2. The molecule has 4 heteroatoms. The summed E-state index contributed by atoms with van der Waals surface area (Å²) < 4.78 is 0.330. The summed E-state index contributed by atoms with van der Waals surface area (Å²) in [6.07, 6.45) is 0. The maximum absolute atomic E-state index is 9.55. The van der Waals surface area contributed by atoms with Crippen LogP contribution in [0.4, 0.5) is 0 Å². The molecule has 0 heterocycles. The molecule has 17 heavy (non-hydrogen) atoms. The van der Waals surface area contributed by atoms with E-state index in [1.807, 2.05) is 30.0 Å². The lowest BCUT2D eigenvalue weighted by atomic mass is 10.2. The van der Waals surface area contributed by atoms with Crippen LogP contribution in [0.5, 0.6) is 5.75 Å². The largest absolute Gasteiger partial charge is 0.508 e. The molecule has 0 fully saturated rings. The first-order valence-electron chi connectivity index (χ1n) is 5.60. The monoisotopic (exact) mass is 275 g/mol. The Morgan fingerprint density at radius 1 is 1.24 bits per heavy atom. The minimum absolute atomic E-state index is 0. The number of rotatable bonds is 5. The average molecular weight is 276 g/mol. The zero-order valence-electron chi connectivity index (χ0n) is 10.7. The summed E-state index contributed by atoms with van der Waals surface area (Å²) in [5.74, 6) is 1.47. The van der Waals surface area contributed by atoms with Gasteiger partial charge in [-0.15, -0.1) is 12.4 Å². The van der Waals surface area contributed by atoms with Crippen molar-refractivity contribution in [2.75, 3.05) is 12.3 Å². The second-order valence-electron chi connectivity index (χ2n) is 4.77. The topological polar surface area (TPSA) is 32.3 Å². The van der Waals surface area contributed by atoms with Gasteiger partial charge in [-0.1, -0.05) is 39.0 Å². The van der Waals surface area contributed by atoms with E-state index >= 15 is 0 Å². The van der Waals surface area contributed by atoms with Crippen LogP contribution in [0.3, 0.4) is 0 Å². The van der Waals surface area contributed by atoms with Crippen molar-refractivity contribution in [2.45, 2.75) is 32.1 Å². The van der Waals surface area contributed by atoms with Gasteiger partial charge in [0.2, 0.25) is 0 Å². The Hall–Kier alpha value is -0.380. The van der Waals surface area contributed by atoms with Crippen LogP contribution in [0.2, 0.25) is 0 Å². The van der Waals surface area contributed by atoms with E-state index in [0.29, 0.717) is 10.5 Å². The molecule has 98 valence electrons. The molecule has 0 unspecified atom stereocenters. The summed E-state index contributed by atoms with van der Waals surface area (Å²) in [6, 6.07) is 7.45. The van der Waals surface area contributed by atoms with Crippen LogP contribution in [0.25, 0.3) is 0 Å². The molecular formula is C13H22ClNOS. The number of para-hydroxylation sites is 1. The number of phenolic OH excluding ortho intramolecular Hbond substituents is 1. The Balaban J connectivity index is 0.00000256. The zero-order chi connectivity index (χ0) is 12.0. The summed E-state index contributed by atoms with van der Waals surface area (Å²) in [5.41, 5.74) is 0.961. The second-order valence-corrected chi connectivity index (χ2v) is 6.69. The molecular weight excluding hydrogens is 254 g/mol. The molecule has 0 aromatic heterocycles. The quantitative estimate of drug-likeness (QED) is 0.808. The van der Waals surface area contributed by atoms with Crippen LogP contribution in [0, 0.1) is 0 Å². The number of nitrogens with one attached hydrogen (secondary N) is 1. The minimum atomic E-state index is 0. The maximum Gasteiger partial charge on any atom is 0.120 e. The fourth-order valence-electron chi connectivity index (χ4n) is 1.31. The summed E-state index contributed by atoms with van der Waals surface area (Å²) >= 11 is 1.95. The van der Waals surface area contributed by atoms with Crippen molar-refractivity contribution in [1.29, 1.82) is 0 Å². The van der Waals surface area contributed by atoms with Gasteiger partial charge in [0.1, 0.15) is 5.75 Å². The molecule has 0 atom stereocenters. The highest BCUT2D eigenvalue weighted by Gasteiger charge is 2.09. The fraction of sp³-hybridized carbons (Fsp3) is 0.538. The number of benzene rings is 1. The summed E-state index contributed by atoms with van der Waals surface area (Å²) in [4.78, 5) is 0. The van der Waals surface area contributed by atoms with Gasteiger partial charge < -0.3 is 10.4 Å². The van der Waals surface area contributed by atoms with Crippen molar-refractivity contribution in [3.05, 3.63) is 29.8 Å². The van der Waals surface area contributed by atoms with Crippen LogP contribution in [-0.4, -0.2) is 22.2 Å². The van der Waals surface area contributed by atoms with Gasteiger partial charge in [-0.25, -0.2) is 0 Å². The van der Waals surface area contributed by atoms with Gasteiger partial charge in [-0.2, -0.15) is 11.8 Å². The third-order valence-electron chi connectivity index (χ3n) is 2.12. The summed E-state index contributed by atoms with van der Waals surface area (Å²) in [7, 11) is 0. The van der Waals surface area contributed by atoms with Crippen LogP contribution < -0.4 is 5.32 Å². The van der Waals surface area contributed by atoms with Crippen molar-refractivity contribution in [3.8, 4) is 5.75 Å². The standard InChI is InChI=1S/C13H21NOS.ClH/c1-13(2,3)16-9-8-14-10-11-6-4-5-7-12(11)15;/h4-7,14-15H,8-10H2,1-3H3;1H. The van der Waals surface area contributed by atoms with E-state index in [1.165, 1.54) is 0 Å². The Morgan fingerprint density at radius 2 is 1.88 bits per heavy atom. The van der Waals surface area contributed by atoms with E-state index in [9.17, 15) is 5.11 Å². The van der Waals surface area contributed by atoms with Crippen LogP contribution in [0.1, 0.15) is 26.3 Å². The van der Waals surface area contributed by atoms with E-state index in [1.54, 1.807) is 6.07 Å². The van der Waals surface area contributed by atoms with Crippen LogP contribution in [-0.2, 0) is 6.54 Å². The Morgan fingerprint density at radius 3 is 2.47 bits per heavy atom. The number of thioether (sulfide) groups is 1. The van der Waals surface area contributed by atoms with Crippen molar-refractivity contribution in [1.82, 2.24) is 5.32 Å². The van der Waals surface area contributed by atoms with Gasteiger partial charge in [-0.05, 0) is 6.07 Å². The highest BCUT2D eigenvalue weighted by Crippen LogP contribution is 2.22. The minimum Gasteiger partial charge on any atom is -0.508 e. The molecule has 1 aromatic rings. The van der Waals surface area contributed by atoms with Gasteiger partial charge in [0.15, 0.2) is 0 Å². The summed E-state index contributed by atoms with van der Waals surface area (Å²) in [6.45, 7) is 8.37. The van der Waals surface area contributed by atoms with Crippen molar-refractivity contribution < 1.29 is 5.11 Å². The average Bonchev–Trinajstić information content (AvgIpc) is 2.18. The van der Waals surface area contributed by atoms with Crippen LogP contribution in [0.15, 0.2) is 24.3 Å². The summed E-state index contributed by atoms with van der Waals surface area (Å²) in [5, 5.41) is 12.9. The van der Waals surface area contributed by atoms with Gasteiger partial charge in [0, 0.05) is 29.2 Å². The third-order valence-corrected chi connectivity index (χ3v) is 3.40. The predicted octanol–water partition coefficient (Wildman–Crippen LogP) is 3.44. The van der Waals surface area contributed by atoms with E-state index in [4.69, 9.17) is 0 Å². The Bertz CT molecular complexity index is 325. The highest BCUT2D eigenvalue weighted by atomic mass is 35.5. The molecule has 0 saturated carbocycles. The van der Waals surface area contributed by atoms with Crippen molar-refractivity contribution in [2.24, 2.45) is 0 Å². The van der Waals surface area contributed by atoms with E-state index in [0.717, 1.165) is 24.4 Å². The lowest BCUT2D eigenvalue weighted by Gasteiger charge is -2.17. The zero-order valence-corrected chi connectivity index (χ0v) is 12.3. The fourth-order valence-corrected chi connectivity index (χ4v) is 2.17. The predicted molar refractivity (Wildman–Crippen MR) is 79.3 cm³/mol. The van der Waals surface area contributed by atoms with Gasteiger partial charge in [0.25, 0.3) is 0 Å². The lowest BCUT2D eigenvalue weighted by Crippen LogP contribution is -2.19. The molecule has 0 bridgehead atoms. The molecule has 0 spiro atoms. The molecule has 2 N–H and O–H groups in total. The van der Waals surface area contributed by atoms with E-state index < -0.39 is 0 Å². The number of hydrogen-bond acceptors (Lipinski definition) is 3. The molecule has 0 saturated heterocycles. The SMILES string of the molecule is CC(C)(C)SCCNCc1ccccc1O.Cl. The molecule has 2 nitrogen and oxygen atoms in total. The first-order chi connectivity index (χ1) is 7.49. The number of aromatic hydroxyl groups is 1. The first-order valence-corrected chi connectivity index (χ1v) is 6.59. The van der Waals surface area contributed by atoms with Gasteiger partial charge in [0.05, 0.1) is 0 Å². The molecule has 0 aliphatic rings. The van der Waals surface area contributed by atoms with E-state index in [-0.39, 0.29) is 12.4 Å². The second kappa shape index (κ2) is 7.85. The van der Waals surface area contributed by atoms with Gasteiger partial charge >= 0.3 is 0 Å². The third kappa shape index (κ3) is 7.53. The number of phenols is 1. The number of halogens is 1. The van der Waals surface area contributed by atoms with E-state index in [2.05, 4.69) is 26.1 Å². The lowest BCUT2D eigenvalue weighted by molar-refractivity contribution is 0.465. The highest BCUT2D eigenvalue weighted by molar-refractivity contribution is 8.00. The molecule has 0 aliphatic heterocycles. The maximum atomic E-state index is 9.55. The van der Waals surface area contributed by atoms with Crippen LogP contribution >= 0.6 is 24.2 Å². The smallest absolute Gasteiger partial charge is 0.120 e. The normalized spacial score (nSPS) is 11.0. The molecule has 1 rings (SSSR count). The Labute approximate surface area is 115 Å². The molecule has 0 radical (unpaired) electrons. The van der Waals surface area contributed by atoms with Crippen molar-refractivity contribution in [3.63, 3.8) is 0 Å². The molecule has 1 aromatic carbocycles. The Kier molecular flexibility index (Phi) is 7.68. The first kappa shape index (κ1) is 16.6. The van der Waals surface area contributed by atoms with Gasteiger partial charge in [-0.3, -0.25) is 0 Å².